The maximum atomic E-state index is 14.4. The number of allylic oxidation sites excluding steroid dienone is 1. The highest BCUT2D eigenvalue weighted by Crippen LogP contribution is 2.56. The summed E-state index contributed by atoms with van der Waals surface area (Å²) >= 11 is 0. The Balaban J connectivity index is 2.02. The third kappa shape index (κ3) is 7.75. The first kappa shape index (κ1) is 40.3. The van der Waals surface area contributed by atoms with Crippen molar-refractivity contribution in [3.05, 3.63) is 60.0 Å². The number of carbonyl (C=O) groups is 5. The highest BCUT2D eigenvalue weighted by Gasteiger charge is 2.85. The number of hydrogen-bond acceptors (Lipinski definition) is 11. The number of fused-ring (bicyclic) bond motifs is 2. The van der Waals surface area contributed by atoms with Crippen LogP contribution >= 0.6 is 0 Å². The summed E-state index contributed by atoms with van der Waals surface area (Å²) in [5, 5.41) is 53.5. The Morgan fingerprint density at radius 3 is 2.26 bits per heavy atom. The molecule has 15 heteroatoms. The Hall–Kier alpha value is -4.18. The van der Waals surface area contributed by atoms with E-state index in [2.05, 4.69) is 6.58 Å². The van der Waals surface area contributed by atoms with Gasteiger partial charge in [0.2, 0.25) is 23.1 Å². The Bertz CT molecular complexity index is 1510. The molecule has 10 unspecified atom stereocenters. The monoisotopic (exact) mass is 708 g/mol. The Morgan fingerprint density at radius 1 is 1.08 bits per heavy atom. The summed E-state index contributed by atoms with van der Waals surface area (Å²) in [4.78, 5) is 62.9. The summed E-state index contributed by atoms with van der Waals surface area (Å²) in [6, 6.07) is 5.93. The molecular formula is C35H45FO14. The highest BCUT2D eigenvalue weighted by molar-refractivity contribution is 5.98. The van der Waals surface area contributed by atoms with Gasteiger partial charge < -0.3 is 44.5 Å². The fourth-order valence-electron chi connectivity index (χ4n) is 6.61. The van der Waals surface area contributed by atoms with E-state index >= 15 is 0 Å². The summed E-state index contributed by atoms with van der Waals surface area (Å²) in [5.74, 6) is -12.4. The number of esters is 2. The van der Waals surface area contributed by atoms with E-state index in [0.29, 0.717) is 17.9 Å². The molecule has 1 aromatic rings. The molecule has 0 radical (unpaired) electrons. The van der Waals surface area contributed by atoms with E-state index in [4.69, 9.17) is 18.9 Å². The van der Waals surface area contributed by atoms with Gasteiger partial charge in [-0.15, -0.1) is 0 Å². The third-order valence-electron chi connectivity index (χ3n) is 9.38. The van der Waals surface area contributed by atoms with Gasteiger partial charge in [-0.3, -0.25) is 4.79 Å². The van der Waals surface area contributed by atoms with Crippen molar-refractivity contribution in [1.82, 2.24) is 0 Å². The quantitative estimate of drug-likeness (QED) is 0.0892. The van der Waals surface area contributed by atoms with Crippen molar-refractivity contribution in [2.45, 2.75) is 108 Å². The van der Waals surface area contributed by atoms with Gasteiger partial charge in [0.15, 0.2) is 6.10 Å². The number of carbonyl (C=O) groups excluding carboxylic acids is 2. The molecule has 2 aliphatic heterocycles. The number of benzene rings is 1. The van der Waals surface area contributed by atoms with Gasteiger partial charge in [-0.1, -0.05) is 65.0 Å². The summed E-state index contributed by atoms with van der Waals surface area (Å²) in [6.07, 6.45) is -5.76. The van der Waals surface area contributed by atoms with Crippen LogP contribution in [0, 0.1) is 23.6 Å². The minimum absolute atomic E-state index is 0.0841. The molecule has 50 heavy (non-hydrogen) atoms. The molecule has 276 valence electrons. The molecule has 1 aromatic carbocycles. The number of ether oxygens (including phenoxy) is 4. The van der Waals surface area contributed by atoms with E-state index in [1.54, 1.807) is 19.1 Å². The minimum Gasteiger partial charge on any atom is -0.479 e. The molecule has 2 fully saturated rings. The normalized spacial score (nSPS) is 29.8. The lowest BCUT2D eigenvalue weighted by atomic mass is 9.74. The van der Waals surface area contributed by atoms with Gasteiger partial charge in [-0.05, 0) is 48.3 Å². The number of hydrogen-bond donors (Lipinski definition) is 5. The van der Waals surface area contributed by atoms with Crippen LogP contribution in [0.4, 0.5) is 4.39 Å². The summed E-state index contributed by atoms with van der Waals surface area (Å²) in [7, 11) is 0. The Kier molecular flexibility index (Phi) is 12.7. The minimum atomic E-state index is -3.93. The van der Waals surface area contributed by atoms with Crippen molar-refractivity contribution in [1.29, 1.82) is 0 Å². The van der Waals surface area contributed by atoms with E-state index in [9.17, 15) is 53.9 Å². The van der Waals surface area contributed by atoms with Crippen molar-refractivity contribution in [3.63, 3.8) is 0 Å². The van der Waals surface area contributed by atoms with E-state index in [-0.39, 0.29) is 24.3 Å². The van der Waals surface area contributed by atoms with E-state index in [1.807, 2.05) is 20.8 Å². The molecule has 0 aromatic heterocycles. The first-order valence-electron chi connectivity index (χ1n) is 16.2. The maximum absolute atomic E-state index is 14.4. The van der Waals surface area contributed by atoms with Crippen LogP contribution in [0.1, 0.15) is 65.9 Å². The van der Waals surface area contributed by atoms with Gasteiger partial charge in [0.25, 0.3) is 0 Å². The summed E-state index contributed by atoms with van der Waals surface area (Å²) in [5.41, 5.74) is -7.09. The van der Waals surface area contributed by atoms with Crippen molar-refractivity contribution in [3.8, 4) is 0 Å². The number of carboxylic acids is 3. The first-order chi connectivity index (χ1) is 23.3. The molecule has 10 atom stereocenters. The molecule has 0 saturated carbocycles. The molecule has 0 spiro atoms. The van der Waals surface area contributed by atoms with Gasteiger partial charge in [0.1, 0.15) is 18.0 Å². The number of halogens is 1. The Morgan fingerprint density at radius 2 is 1.72 bits per heavy atom. The fourth-order valence-corrected chi connectivity index (χ4v) is 6.61. The molecule has 2 saturated heterocycles. The molecule has 3 rings (SSSR count). The zero-order valence-corrected chi connectivity index (χ0v) is 28.5. The number of carboxylic acid groups (broad SMARTS) is 3. The van der Waals surface area contributed by atoms with Crippen molar-refractivity contribution in [2.24, 2.45) is 17.8 Å². The predicted molar refractivity (Wildman–Crippen MR) is 171 cm³/mol. The predicted octanol–water partition coefficient (Wildman–Crippen LogP) is 3.02. The van der Waals surface area contributed by atoms with Gasteiger partial charge in [0.05, 0.1) is 0 Å². The number of aliphatic carboxylic acids is 3. The average molecular weight is 709 g/mol. The molecule has 2 aliphatic rings. The Labute approximate surface area is 288 Å². The van der Waals surface area contributed by atoms with E-state index in [1.165, 1.54) is 18.2 Å². The SMILES string of the molecule is C=C(CCC12OC(C(=O)O)C(O)(C(=O)O)C(C(=O)O)(O1)C(OC(=O)C=CC(C)CC(C)CC)C2O)C(OC(C)=O)C(C)Cc1ccccc1F. The highest BCUT2D eigenvalue weighted by atomic mass is 19.1. The van der Waals surface area contributed by atoms with Crippen LogP contribution in [0.3, 0.4) is 0 Å². The molecule has 0 amide bonds. The third-order valence-corrected chi connectivity index (χ3v) is 9.38. The molecule has 2 heterocycles. The zero-order chi connectivity index (χ0) is 37.8. The van der Waals surface area contributed by atoms with Crippen LogP contribution in [0.2, 0.25) is 0 Å². The van der Waals surface area contributed by atoms with Crippen molar-refractivity contribution in [2.75, 3.05) is 0 Å². The molecule has 0 aliphatic carbocycles. The van der Waals surface area contributed by atoms with Crippen molar-refractivity contribution >= 4 is 29.8 Å². The second kappa shape index (κ2) is 15.8. The molecule has 14 nitrogen and oxygen atoms in total. The van der Waals surface area contributed by atoms with Gasteiger partial charge >= 0.3 is 29.8 Å². The van der Waals surface area contributed by atoms with Crippen LogP contribution in [0.25, 0.3) is 0 Å². The van der Waals surface area contributed by atoms with Crippen LogP contribution in [-0.4, -0.2) is 96.8 Å². The van der Waals surface area contributed by atoms with Gasteiger partial charge in [-0.25, -0.2) is 23.6 Å². The first-order valence-corrected chi connectivity index (χ1v) is 16.2. The van der Waals surface area contributed by atoms with E-state index in [0.717, 1.165) is 19.4 Å². The number of aliphatic hydroxyl groups excluding tert-OH is 1. The summed E-state index contributed by atoms with van der Waals surface area (Å²) < 4.78 is 36.3. The van der Waals surface area contributed by atoms with Crippen molar-refractivity contribution < 1.29 is 72.8 Å². The summed E-state index contributed by atoms with van der Waals surface area (Å²) in [6.45, 7) is 12.5. The lowest BCUT2D eigenvalue weighted by Crippen LogP contribution is -2.78. The number of rotatable bonds is 17. The molecular weight excluding hydrogens is 663 g/mol. The standard InChI is InChI=1S/C35H45FO14/c1-7-18(2)16-19(3)12-13-25(38)48-28-27(39)33(49-29(30(40)41)34(46,31(42)43)35(28,50-33)32(44)45)15-14-20(4)26(47-22(6)37)21(5)17-23-10-8-9-11-24(23)36/h8-13,18-19,21,26-29,39,46H,4,7,14-17H2,1-3,5-6H3,(H,40,41)(H,42,43)(H,44,45). The molecule has 5 N–H and O–H groups in total. The second-order valence-electron chi connectivity index (χ2n) is 13.2. The van der Waals surface area contributed by atoms with Gasteiger partial charge in [0, 0.05) is 25.3 Å². The topological polar surface area (TPSA) is 223 Å². The van der Waals surface area contributed by atoms with Crippen LogP contribution in [0.5, 0.6) is 0 Å². The molecule has 2 bridgehead atoms. The smallest absolute Gasteiger partial charge is 0.344 e. The largest absolute Gasteiger partial charge is 0.479 e. The lowest BCUT2D eigenvalue weighted by molar-refractivity contribution is -0.374. The average Bonchev–Trinajstić information content (AvgIpc) is 3.25. The van der Waals surface area contributed by atoms with Crippen LogP contribution in [-0.2, 0) is 49.3 Å². The number of aliphatic hydroxyl groups is 2. The zero-order valence-electron chi connectivity index (χ0n) is 28.5. The maximum Gasteiger partial charge on any atom is 0.344 e. The second-order valence-corrected chi connectivity index (χ2v) is 13.2. The lowest BCUT2D eigenvalue weighted by Gasteiger charge is -2.48. The van der Waals surface area contributed by atoms with Crippen LogP contribution in [0.15, 0.2) is 48.6 Å². The fraction of sp³-hybridized carbons (Fsp3) is 0.571. The van der Waals surface area contributed by atoms with E-state index < -0.39 is 89.4 Å². The van der Waals surface area contributed by atoms with Crippen LogP contribution < -0.4 is 0 Å². The van der Waals surface area contributed by atoms with Gasteiger partial charge in [-0.2, -0.15) is 0 Å².